The second-order valence-corrected chi connectivity index (χ2v) is 5.53. The first-order chi connectivity index (χ1) is 8.25. The molecule has 0 saturated carbocycles. The summed E-state index contributed by atoms with van der Waals surface area (Å²) in [4.78, 5) is 20.3. The van der Waals surface area contributed by atoms with E-state index in [0.29, 0.717) is 0 Å². The van der Waals surface area contributed by atoms with Crippen molar-refractivity contribution in [3.63, 3.8) is 0 Å². The Hall–Kier alpha value is -1.87. The van der Waals surface area contributed by atoms with Gasteiger partial charge in [-0.25, -0.2) is 13.2 Å². The van der Waals surface area contributed by atoms with Crippen LogP contribution in [-0.2, 0) is 13.8 Å². The normalized spacial score (nSPS) is 10.8. The molecule has 0 aliphatic rings. The highest BCUT2D eigenvalue weighted by Gasteiger charge is 2.20. The number of non-ortho nitro benzene ring substituents is 1. The minimum atomic E-state index is -4.15. The molecule has 0 unspecified atom stereocenters. The number of rotatable bonds is 3. The van der Waals surface area contributed by atoms with E-state index in [0.717, 1.165) is 25.3 Å². The number of halogens is 1. The van der Waals surface area contributed by atoms with Crippen molar-refractivity contribution in [2.75, 3.05) is 12.4 Å². The molecule has 8 nitrogen and oxygen atoms in total. The number of benzene rings is 1. The predicted molar refractivity (Wildman–Crippen MR) is 62.2 cm³/mol. The van der Waals surface area contributed by atoms with Gasteiger partial charge in [0.2, 0.25) is 0 Å². The first kappa shape index (κ1) is 14.2. The average molecular weight is 295 g/mol. The maximum absolute atomic E-state index is 11.2. The topological polar surface area (TPSA) is 116 Å². The summed E-state index contributed by atoms with van der Waals surface area (Å²) in [6.07, 6.45) is -0.975. The first-order valence-electron chi connectivity index (χ1n) is 4.34. The van der Waals surface area contributed by atoms with Crippen LogP contribution < -0.4 is 5.32 Å². The molecule has 1 amide bonds. The molecule has 0 fully saturated rings. The SMILES string of the molecule is COC(=O)Nc1cc([N+](=O)[O-])ccc1S(=O)(=O)Cl. The van der Waals surface area contributed by atoms with Crippen molar-refractivity contribution in [1.29, 1.82) is 0 Å². The maximum Gasteiger partial charge on any atom is 0.411 e. The number of ether oxygens (including phenoxy) is 1. The molecule has 10 heteroatoms. The second-order valence-electron chi connectivity index (χ2n) is 2.99. The highest BCUT2D eigenvalue weighted by molar-refractivity contribution is 8.13. The minimum Gasteiger partial charge on any atom is -0.453 e. The Balaban J connectivity index is 3.36. The standard InChI is InChI=1S/C8H7ClN2O6S/c1-17-8(12)10-6-4-5(11(13)14)2-3-7(6)18(9,15)16/h2-4H,1H3,(H,10,12). The fourth-order valence-corrected chi connectivity index (χ4v) is 2.11. The molecule has 0 aromatic heterocycles. The number of anilines is 1. The van der Waals surface area contributed by atoms with Crippen molar-refractivity contribution >= 4 is 37.2 Å². The van der Waals surface area contributed by atoms with Gasteiger partial charge in [-0.2, -0.15) is 0 Å². The summed E-state index contributed by atoms with van der Waals surface area (Å²) < 4.78 is 26.7. The Bertz CT molecular complexity index is 600. The Labute approximate surface area is 106 Å². The zero-order valence-electron chi connectivity index (χ0n) is 8.91. The van der Waals surface area contributed by atoms with Crippen molar-refractivity contribution in [1.82, 2.24) is 0 Å². The molecule has 0 radical (unpaired) electrons. The van der Waals surface area contributed by atoms with Gasteiger partial charge in [-0.1, -0.05) is 0 Å². The van der Waals surface area contributed by atoms with Gasteiger partial charge in [-0.3, -0.25) is 15.4 Å². The molecular formula is C8H7ClN2O6S. The molecular weight excluding hydrogens is 288 g/mol. The van der Waals surface area contributed by atoms with Crippen LogP contribution in [0.3, 0.4) is 0 Å². The number of nitro benzene ring substituents is 1. The lowest BCUT2D eigenvalue weighted by molar-refractivity contribution is -0.384. The first-order valence-corrected chi connectivity index (χ1v) is 6.64. The van der Waals surface area contributed by atoms with Crippen LogP contribution in [0.1, 0.15) is 0 Å². The Kier molecular flexibility index (Phi) is 4.09. The smallest absolute Gasteiger partial charge is 0.411 e. The highest BCUT2D eigenvalue weighted by Crippen LogP contribution is 2.28. The van der Waals surface area contributed by atoms with Crippen LogP contribution in [0.4, 0.5) is 16.2 Å². The lowest BCUT2D eigenvalue weighted by Crippen LogP contribution is -2.13. The lowest BCUT2D eigenvalue weighted by atomic mass is 10.3. The number of nitrogens with zero attached hydrogens (tertiary/aromatic N) is 1. The van der Waals surface area contributed by atoms with E-state index in [1.54, 1.807) is 0 Å². The molecule has 0 aliphatic heterocycles. The van der Waals surface area contributed by atoms with E-state index >= 15 is 0 Å². The fourth-order valence-electron chi connectivity index (χ4n) is 1.10. The van der Waals surface area contributed by atoms with Crippen LogP contribution >= 0.6 is 10.7 Å². The third kappa shape index (κ3) is 3.31. The third-order valence-corrected chi connectivity index (χ3v) is 3.24. The number of hydrogen-bond acceptors (Lipinski definition) is 6. The summed E-state index contributed by atoms with van der Waals surface area (Å²) in [5.74, 6) is 0. The summed E-state index contributed by atoms with van der Waals surface area (Å²) in [6.45, 7) is 0. The molecule has 1 aromatic carbocycles. The van der Waals surface area contributed by atoms with Gasteiger partial charge < -0.3 is 4.74 Å². The van der Waals surface area contributed by atoms with Gasteiger partial charge in [0.1, 0.15) is 4.90 Å². The minimum absolute atomic E-state index is 0.328. The molecule has 1 N–H and O–H groups in total. The van der Waals surface area contributed by atoms with Gasteiger partial charge in [0.25, 0.3) is 14.7 Å². The third-order valence-electron chi connectivity index (χ3n) is 1.86. The number of nitrogens with one attached hydrogen (secondary N) is 1. The van der Waals surface area contributed by atoms with Crippen molar-refractivity contribution in [2.24, 2.45) is 0 Å². The van der Waals surface area contributed by atoms with Crippen molar-refractivity contribution in [3.8, 4) is 0 Å². The average Bonchev–Trinajstić information content (AvgIpc) is 2.27. The zero-order chi connectivity index (χ0) is 13.9. The Morgan fingerprint density at radius 2 is 2.11 bits per heavy atom. The largest absolute Gasteiger partial charge is 0.453 e. The Morgan fingerprint density at radius 3 is 2.56 bits per heavy atom. The lowest BCUT2D eigenvalue weighted by Gasteiger charge is -2.07. The number of carbonyl (C=O) groups excluding carboxylic acids is 1. The van der Waals surface area contributed by atoms with Gasteiger partial charge in [-0.05, 0) is 6.07 Å². The zero-order valence-corrected chi connectivity index (χ0v) is 10.5. The van der Waals surface area contributed by atoms with Crippen LogP contribution in [0.5, 0.6) is 0 Å². The molecule has 0 bridgehead atoms. The second kappa shape index (κ2) is 5.19. The number of nitro groups is 1. The molecule has 0 heterocycles. The van der Waals surface area contributed by atoms with E-state index in [9.17, 15) is 23.3 Å². The number of methoxy groups -OCH3 is 1. The summed E-state index contributed by atoms with van der Waals surface area (Å²) in [6, 6.07) is 2.75. The molecule has 1 aromatic rings. The predicted octanol–water partition coefficient (Wildman–Crippen LogP) is 1.70. The van der Waals surface area contributed by atoms with Crippen molar-refractivity contribution < 1.29 is 22.9 Å². The van der Waals surface area contributed by atoms with Crippen molar-refractivity contribution in [3.05, 3.63) is 28.3 Å². The van der Waals surface area contributed by atoms with E-state index in [1.807, 2.05) is 5.32 Å². The maximum atomic E-state index is 11.2. The summed E-state index contributed by atoms with van der Waals surface area (Å²) in [5, 5.41) is 12.6. The summed E-state index contributed by atoms with van der Waals surface area (Å²) in [7, 11) is 2.04. The van der Waals surface area contributed by atoms with Gasteiger partial charge in [-0.15, -0.1) is 0 Å². The van der Waals surface area contributed by atoms with Gasteiger partial charge >= 0.3 is 6.09 Å². The molecule has 0 atom stereocenters. The van der Waals surface area contributed by atoms with Crippen LogP contribution in [0, 0.1) is 10.1 Å². The van der Waals surface area contributed by atoms with E-state index < -0.39 is 30.7 Å². The Morgan fingerprint density at radius 1 is 1.50 bits per heavy atom. The van der Waals surface area contributed by atoms with Crippen LogP contribution in [-0.4, -0.2) is 26.5 Å². The number of hydrogen-bond donors (Lipinski definition) is 1. The molecule has 18 heavy (non-hydrogen) atoms. The van der Waals surface area contributed by atoms with Crippen LogP contribution in [0.15, 0.2) is 23.1 Å². The number of amides is 1. The van der Waals surface area contributed by atoms with E-state index in [1.165, 1.54) is 0 Å². The monoisotopic (exact) mass is 294 g/mol. The molecule has 0 saturated heterocycles. The van der Waals surface area contributed by atoms with E-state index in [4.69, 9.17) is 10.7 Å². The van der Waals surface area contributed by atoms with Crippen LogP contribution in [0.25, 0.3) is 0 Å². The van der Waals surface area contributed by atoms with Crippen LogP contribution in [0.2, 0.25) is 0 Å². The molecule has 1 rings (SSSR count). The summed E-state index contributed by atoms with van der Waals surface area (Å²) in [5.41, 5.74) is -0.725. The van der Waals surface area contributed by atoms with Gasteiger partial charge in [0.05, 0.1) is 17.7 Å². The molecule has 0 aliphatic carbocycles. The quantitative estimate of drug-likeness (QED) is 0.515. The highest BCUT2D eigenvalue weighted by atomic mass is 35.7. The van der Waals surface area contributed by atoms with E-state index in [-0.39, 0.29) is 5.69 Å². The molecule has 98 valence electrons. The summed E-state index contributed by atoms with van der Waals surface area (Å²) >= 11 is 0. The van der Waals surface area contributed by atoms with Gasteiger partial charge in [0.15, 0.2) is 0 Å². The molecule has 0 spiro atoms. The van der Waals surface area contributed by atoms with Gasteiger partial charge in [0, 0.05) is 22.8 Å². The number of carbonyl (C=O) groups is 1. The fraction of sp³-hybridized carbons (Fsp3) is 0.125. The van der Waals surface area contributed by atoms with E-state index in [2.05, 4.69) is 4.74 Å². The van der Waals surface area contributed by atoms with Crippen molar-refractivity contribution in [2.45, 2.75) is 4.90 Å².